The Hall–Kier alpha value is -2.01. The van der Waals surface area contributed by atoms with Crippen molar-refractivity contribution in [2.24, 2.45) is 0 Å². The van der Waals surface area contributed by atoms with Crippen molar-refractivity contribution in [3.8, 4) is 0 Å². The first-order chi connectivity index (χ1) is 9.39. The van der Waals surface area contributed by atoms with Crippen LogP contribution in [0, 0.1) is 13.8 Å². The first-order valence-electron chi connectivity index (χ1n) is 6.29. The van der Waals surface area contributed by atoms with E-state index in [4.69, 9.17) is 5.73 Å². The summed E-state index contributed by atoms with van der Waals surface area (Å²) in [6, 6.07) is 12.6. The number of nitrogens with two attached hydrogens (primary N) is 1. The van der Waals surface area contributed by atoms with Crippen LogP contribution in [-0.4, -0.2) is 8.42 Å². The second kappa shape index (κ2) is 5.54. The molecular formula is C15H18N2O2S. The van der Waals surface area contributed by atoms with Gasteiger partial charge in [-0.25, -0.2) is 8.42 Å². The van der Waals surface area contributed by atoms with Crippen LogP contribution < -0.4 is 10.5 Å². The lowest BCUT2D eigenvalue weighted by Gasteiger charge is -2.13. The van der Waals surface area contributed by atoms with Crippen LogP contribution in [0.3, 0.4) is 0 Å². The molecule has 20 heavy (non-hydrogen) atoms. The molecule has 2 rings (SSSR count). The predicted molar refractivity (Wildman–Crippen MR) is 83.0 cm³/mol. The van der Waals surface area contributed by atoms with Gasteiger partial charge in [-0.05, 0) is 36.6 Å². The first kappa shape index (κ1) is 14.4. The molecule has 0 aromatic heterocycles. The first-order valence-corrected chi connectivity index (χ1v) is 7.94. The van der Waals surface area contributed by atoms with E-state index in [0.29, 0.717) is 16.9 Å². The second-order valence-electron chi connectivity index (χ2n) is 4.83. The van der Waals surface area contributed by atoms with Crippen LogP contribution in [0.5, 0.6) is 0 Å². The predicted octanol–water partition coefficient (Wildman–Crippen LogP) is 2.83. The Bertz CT molecular complexity index is 704. The van der Waals surface area contributed by atoms with E-state index >= 15 is 0 Å². The van der Waals surface area contributed by atoms with Crippen LogP contribution in [0.4, 0.5) is 11.4 Å². The average molecular weight is 290 g/mol. The molecule has 0 saturated carbocycles. The van der Waals surface area contributed by atoms with E-state index in [1.807, 2.05) is 32.0 Å². The summed E-state index contributed by atoms with van der Waals surface area (Å²) < 4.78 is 27.2. The molecule has 0 bridgehead atoms. The Morgan fingerprint density at radius 3 is 2.20 bits per heavy atom. The van der Waals surface area contributed by atoms with Gasteiger partial charge in [0.15, 0.2) is 0 Å². The number of benzene rings is 2. The zero-order valence-electron chi connectivity index (χ0n) is 11.6. The summed E-state index contributed by atoms with van der Waals surface area (Å²) in [4.78, 5) is 0. The molecule has 0 unspecified atom stereocenters. The molecule has 0 fully saturated rings. The van der Waals surface area contributed by atoms with Crippen molar-refractivity contribution >= 4 is 21.4 Å². The molecule has 2 aromatic carbocycles. The van der Waals surface area contributed by atoms with E-state index in [2.05, 4.69) is 4.72 Å². The van der Waals surface area contributed by atoms with Crippen LogP contribution in [0.15, 0.2) is 42.5 Å². The fourth-order valence-corrected chi connectivity index (χ4v) is 3.41. The van der Waals surface area contributed by atoms with E-state index in [1.54, 1.807) is 24.3 Å². The van der Waals surface area contributed by atoms with Crippen LogP contribution in [0.2, 0.25) is 0 Å². The molecule has 0 aliphatic heterocycles. The minimum Gasteiger partial charge on any atom is -0.398 e. The molecule has 0 heterocycles. The lowest BCUT2D eigenvalue weighted by Crippen LogP contribution is -2.17. The van der Waals surface area contributed by atoms with Crippen molar-refractivity contribution in [2.75, 3.05) is 10.5 Å². The molecule has 0 amide bonds. The third-order valence-electron chi connectivity index (χ3n) is 3.14. The maximum absolute atomic E-state index is 12.3. The third kappa shape index (κ3) is 3.30. The molecule has 0 aliphatic carbocycles. The summed E-state index contributed by atoms with van der Waals surface area (Å²) in [5, 5.41) is 0. The summed E-state index contributed by atoms with van der Waals surface area (Å²) in [6.45, 7) is 3.75. The average Bonchev–Trinajstić information content (AvgIpc) is 2.37. The Kier molecular flexibility index (Phi) is 3.99. The van der Waals surface area contributed by atoms with E-state index in [0.717, 1.165) is 11.1 Å². The molecule has 0 spiro atoms. The van der Waals surface area contributed by atoms with Crippen molar-refractivity contribution in [2.45, 2.75) is 19.6 Å². The molecule has 3 N–H and O–H groups in total. The van der Waals surface area contributed by atoms with Crippen LogP contribution >= 0.6 is 0 Å². The summed E-state index contributed by atoms with van der Waals surface area (Å²) in [5.74, 6) is -0.132. The monoisotopic (exact) mass is 290 g/mol. The molecule has 0 aliphatic rings. The molecule has 0 radical (unpaired) electrons. The number of hydrogen-bond donors (Lipinski definition) is 2. The van der Waals surface area contributed by atoms with Gasteiger partial charge in [0.1, 0.15) is 0 Å². The van der Waals surface area contributed by atoms with E-state index in [-0.39, 0.29) is 5.75 Å². The molecule has 4 nitrogen and oxygen atoms in total. The zero-order valence-corrected chi connectivity index (χ0v) is 12.4. The number of anilines is 2. The number of nitrogen functional groups attached to an aromatic ring is 1. The van der Waals surface area contributed by atoms with Gasteiger partial charge in [0, 0.05) is 5.69 Å². The van der Waals surface area contributed by atoms with Crippen LogP contribution in [-0.2, 0) is 15.8 Å². The Morgan fingerprint density at radius 2 is 1.60 bits per heavy atom. The number of rotatable bonds is 4. The highest BCUT2D eigenvalue weighted by Gasteiger charge is 2.15. The van der Waals surface area contributed by atoms with Crippen molar-refractivity contribution in [1.82, 2.24) is 0 Å². The van der Waals surface area contributed by atoms with Gasteiger partial charge < -0.3 is 5.73 Å². The summed E-state index contributed by atoms with van der Waals surface area (Å²) >= 11 is 0. The number of hydrogen-bond acceptors (Lipinski definition) is 3. The lowest BCUT2D eigenvalue weighted by molar-refractivity contribution is 0.600. The molecule has 5 heteroatoms. The highest BCUT2D eigenvalue weighted by molar-refractivity contribution is 7.91. The Balaban J connectivity index is 2.27. The van der Waals surface area contributed by atoms with Gasteiger partial charge >= 0.3 is 0 Å². The smallest absolute Gasteiger partial charge is 0.237 e. The van der Waals surface area contributed by atoms with E-state index in [9.17, 15) is 8.42 Å². The van der Waals surface area contributed by atoms with E-state index < -0.39 is 10.0 Å². The van der Waals surface area contributed by atoms with Gasteiger partial charge in [-0.2, -0.15) is 0 Å². The summed E-state index contributed by atoms with van der Waals surface area (Å²) in [5.41, 5.74) is 9.31. The van der Waals surface area contributed by atoms with Gasteiger partial charge in [0.05, 0.1) is 11.4 Å². The fraction of sp³-hybridized carbons (Fsp3) is 0.200. The largest absolute Gasteiger partial charge is 0.398 e. The molecule has 106 valence electrons. The van der Waals surface area contributed by atoms with Crippen LogP contribution in [0.25, 0.3) is 0 Å². The number of aryl methyl sites for hydroxylation is 2. The van der Waals surface area contributed by atoms with Gasteiger partial charge in [0.2, 0.25) is 10.0 Å². The molecular weight excluding hydrogens is 272 g/mol. The van der Waals surface area contributed by atoms with Crippen LogP contribution in [0.1, 0.15) is 16.7 Å². The molecule has 2 aromatic rings. The quantitative estimate of drug-likeness (QED) is 0.850. The van der Waals surface area contributed by atoms with Crippen molar-refractivity contribution < 1.29 is 8.42 Å². The maximum Gasteiger partial charge on any atom is 0.237 e. The normalized spacial score (nSPS) is 11.3. The topological polar surface area (TPSA) is 72.2 Å². The fourth-order valence-electron chi connectivity index (χ4n) is 2.04. The van der Waals surface area contributed by atoms with Crippen molar-refractivity contribution in [3.63, 3.8) is 0 Å². The van der Waals surface area contributed by atoms with Gasteiger partial charge in [0.25, 0.3) is 0 Å². The van der Waals surface area contributed by atoms with Crippen molar-refractivity contribution in [3.05, 3.63) is 59.2 Å². The number of para-hydroxylation sites is 2. The maximum atomic E-state index is 12.3. The SMILES string of the molecule is Cc1cccc(C)c1NS(=O)(=O)Cc1ccccc1N. The van der Waals surface area contributed by atoms with Gasteiger partial charge in [-0.3, -0.25) is 4.72 Å². The molecule has 0 atom stereocenters. The number of sulfonamides is 1. The second-order valence-corrected chi connectivity index (χ2v) is 6.55. The number of nitrogens with one attached hydrogen (secondary N) is 1. The highest BCUT2D eigenvalue weighted by Crippen LogP contribution is 2.22. The third-order valence-corrected chi connectivity index (χ3v) is 4.35. The molecule has 0 saturated heterocycles. The lowest BCUT2D eigenvalue weighted by atomic mass is 10.1. The zero-order chi connectivity index (χ0) is 14.8. The summed E-state index contributed by atoms with van der Waals surface area (Å²) in [7, 11) is -3.49. The van der Waals surface area contributed by atoms with Gasteiger partial charge in [-0.15, -0.1) is 0 Å². The van der Waals surface area contributed by atoms with Gasteiger partial charge in [-0.1, -0.05) is 36.4 Å². The highest BCUT2D eigenvalue weighted by atomic mass is 32.2. The summed E-state index contributed by atoms with van der Waals surface area (Å²) in [6.07, 6.45) is 0. The Labute approximate surface area is 119 Å². The standard InChI is InChI=1S/C15H18N2O2S/c1-11-6-5-7-12(2)15(11)17-20(18,19)10-13-8-3-4-9-14(13)16/h3-9,17H,10,16H2,1-2H3. The minimum atomic E-state index is -3.49. The van der Waals surface area contributed by atoms with E-state index in [1.165, 1.54) is 0 Å². The Morgan fingerprint density at radius 1 is 1.00 bits per heavy atom. The minimum absolute atomic E-state index is 0.132. The van der Waals surface area contributed by atoms with Crippen molar-refractivity contribution in [1.29, 1.82) is 0 Å².